The van der Waals surface area contributed by atoms with Crippen molar-refractivity contribution in [3.63, 3.8) is 0 Å². The molecule has 4 rings (SSSR count). The van der Waals surface area contributed by atoms with Crippen LogP contribution >= 0.6 is 0 Å². The number of hydrogen-bond donors (Lipinski definition) is 1. The van der Waals surface area contributed by atoms with Gasteiger partial charge in [-0.3, -0.25) is 9.59 Å². The summed E-state index contributed by atoms with van der Waals surface area (Å²) < 4.78 is 7.50. The number of amides is 2. The number of aromatic nitrogens is 2. The van der Waals surface area contributed by atoms with Crippen LogP contribution in [0.1, 0.15) is 50.8 Å². The maximum atomic E-state index is 12.6. The van der Waals surface area contributed by atoms with Crippen molar-refractivity contribution in [2.75, 3.05) is 6.61 Å². The molecule has 1 N–H and O–H groups in total. The fraction of sp³-hybridized carbons (Fsp3) is 0.722. The first-order valence-corrected chi connectivity index (χ1v) is 9.29. The monoisotopic (exact) mass is 346 g/mol. The van der Waals surface area contributed by atoms with Gasteiger partial charge >= 0.3 is 0 Å². The summed E-state index contributed by atoms with van der Waals surface area (Å²) in [6.45, 7) is 2.59. The summed E-state index contributed by atoms with van der Waals surface area (Å²) in [5.41, 5.74) is 0.988. The summed E-state index contributed by atoms with van der Waals surface area (Å²) in [4.78, 5) is 31.4. The number of hydrogen-bond acceptors (Lipinski definition) is 4. The minimum absolute atomic E-state index is 0.0425. The van der Waals surface area contributed by atoms with E-state index in [4.69, 9.17) is 4.74 Å². The molecule has 0 spiro atoms. The van der Waals surface area contributed by atoms with E-state index in [1.54, 1.807) is 6.33 Å². The van der Waals surface area contributed by atoms with Crippen LogP contribution < -0.4 is 5.32 Å². The first kappa shape index (κ1) is 16.6. The van der Waals surface area contributed by atoms with Crippen molar-refractivity contribution >= 4 is 11.8 Å². The third kappa shape index (κ3) is 3.17. The lowest BCUT2D eigenvalue weighted by Gasteiger charge is -2.41. The van der Waals surface area contributed by atoms with Gasteiger partial charge in [-0.15, -0.1) is 0 Å². The maximum Gasteiger partial charge on any atom is 0.226 e. The van der Waals surface area contributed by atoms with Gasteiger partial charge in [-0.1, -0.05) is 0 Å². The summed E-state index contributed by atoms with van der Waals surface area (Å²) in [5, 5.41) is 3.21. The third-order valence-corrected chi connectivity index (χ3v) is 5.51. The molecule has 25 heavy (non-hydrogen) atoms. The number of likely N-dealkylation sites (tertiary alicyclic amines) is 1. The molecule has 7 heteroatoms. The molecule has 3 fully saturated rings. The third-order valence-electron chi connectivity index (χ3n) is 5.51. The van der Waals surface area contributed by atoms with Crippen LogP contribution in [-0.4, -0.2) is 51.1 Å². The summed E-state index contributed by atoms with van der Waals surface area (Å²) in [6.07, 6.45) is 7.71. The van der Waals surface area contributed by atoms with E-state index in [0.29, 0.717) is 25.5 Å². The lowest BCUT2D eigenvalue weighted by Crippen LogP contribution is -2.53. The quantitative estimate of drug-likeness (QED) is 0.838. The van der Waals surface area contributed by atoms with Crippen molar-refractivity contribution in [2.45, 2.75) is 63.3 Å². The average molecular weight is 346 g/mol. The van der Waals surface area contributed by atoms with E-state index in [0.717, 1.165) is 25.0 Å². The molecule has 0 radical (unpaired) electrons. The van der Waals surface area contributed by atoms with Crippen LogP contribution in [0.3, 0.4) is 0 Å². The zero-order valence-electron chi connectivity index (χ0n) is 14.9. The predicted molar refractivity (Wildman–Crippen MR) is 90.5 cm³/mol. The number of rotatable bonds is 6. The van der Waals surface area contributed by atoms with Crippen LogP contribution in [0.2, 0.25) is 0 Å². The van der Waals surface area contributed by atoms with E-state index >= 15 is 0 Å². The second-order valence-corrected chi connectivity index (χ2v) is 7.40. The van der Waals surface area contributed by atoms with Crippen LogP contribution in [0.15, 0.2) is 12.5 Å². The topological polar surface area (TPSA) is 76.5 Å². The van der Waals surface area contributed by atoms with Gasteiger partial charge in [-0.2, -0.15) is 0 Å². The Hall–Kier alpha value is -1.89. The predicted octanol–water partition coefficient (Wildman–Crippen LogP) is 1.16. The Bertz CT molecular complexity index is 669. The van der Waals surface area contributed by atoms with Crippen LogP contribution in [0.5, 0.6) is 0 Å². The Morgan fingerprint density at radius 1 is 1.40 bits per heavy atom. The Kier molecular flexibility index (Phi) is 4.27. The number of aryl methyl sites for hydroxylation is 1. The SMILES string of the molecule is CCOC1CC1C(=O)N[C@@H]1CCC(=O)N(C2CC2)[C@H]1c1cncn1C. The van der Waals surface area contributed by atoms with Gasteiger partial charge in [0.25, 0.3) is 0 Å². The molecule has 1 aliphatic heterocycles. The highest BCUT2D eigenvalue weighted by Gasteiger charge is 2.48. The van der Waals surface area contributed by atoms with Crippen LogP contribution in [-0.2, 0) is 21.4 Å². The molecule has 1 saturated heterocycles. The number of carbonyl (C=O) groups excluding carboxylic acids is 2. The largest absolute Gasteiger partial charge is 0.378 e. The van der Waals surface area contributed by atoms with Crippen molar-refractivity contribution in [3.8, 4) is 0 Å². The maximum absolute atomic E-state index is 12.6. The highest BCUT2D eigenvalue weighted by molar-refractivity contribution is 5.83. The van der Waals surface area contributed by atoms with Gasteiger partial charge in [0.15, 0.2) is 0 Å². The number of imidazole rings is 1. The van der Waals surface area contributed by atoms with Gasteiger partial charge < -0.3 is 19.5 Å². The first-order valence-electron chi connectivity index (χ1n) is 9.29. The van der Waals surface area contributed by atoms with Crippen LogP contribution in [0.4, 0.5) is 0 Å². The summed E-state index contributed by atoms with van der Waals surface area (Å²) in [6, 6.07) is 0.114. The summed E-state index contributed by atoms with van der Waals surface area (Å²) in [7, 11) is 1.94. The van der Waals surface area contributed by atoms with E-state index < -0.39 is 0 Å². The van der Waals surface area contributed by atoms with E-state index in [2.05, 4.69) is 10.3 Å². The summed E-state index contributed by atoms with van der Waals surface area (Å²) >= 11 is 0. The fourth-order valence-electron chi connectivity index (χ4n) is 3.99. The second-order valence-electron chi connectivity index (χ2n) is 7.40. The standard InChI is InChI=1S/C18H26N4O3/c1-3-25-15-8-12(15)18(24)20-13-6-7-16(23)22(11-4-5-11)17(13)14-9-19-10-21(14)2/h9-13,15,17H,3-8H2,1-2H3,(H,20,24)/t12?,13-,15?,17-/m1/s1. The van der Waals surface area contributed by atoms with Crippen molar-refractivity contribution in [2.24, 2.45) is 13.0 Å². The van der Waals surface area contributed by atoms with Crippen molar-refractivity contribution in [3.05, 3.63) is 18.2 Å². The first-order chi connectivity index (χ1) is 12.1. The zero-order chi connectivity index (χ0) is 17.6. The minimum atomic E-state index is -0.130. The number of nitrogens with one attached hydrogen (secondary N) is 1. The molecule has 2 aliphatic carbocycles. The minimum Gasteiger partial charge on any atom is -0.378 e. The highest BCUT2D eigenvalue weighted by atomic mass is 16.5. The van der Waals surface area contributed by atoms with Gasteiger partial charge in [0.2, 0.25) is 11.8 Å². The van der Waals surface area contributed by atoms with Gasteiger partial charge in [0.05, 0.1) is 42.3 Å². The number of piperidine rings is 1. The molecular weight excluding hydrogens is 320 g/mol. The summed E-state index contributed by atoms with van der Waals surface area (Å²) in [5.74, 6) is 0.206. The molecule has 2 saturated carbocycles. The van der Waals surface area contributed by atoms with Gasteiger partial charge in [0.1, 0.15) is 0 Å². The molecular formula is C18H26N4O3. The molecule has 3 aliphatic rings. The molecule has 4 atom stereocenters. The van der Waals surface area contributed by atoms with E-state index in [-0.39, 0.29) is 35.9 Å². The smallest absolute Gasteiger partial charge is 0.226 e. The molecule has 2 unspecified atom stereocenters. The van der Waals surface area contributed by atoms with Gasteiger partial charge in [0, 0.05) is 26.1 Å². The molecule has 1 aromatic rings. The Labute approximate surface area is 147 Å². The van der Waals surface area contributed by atoms with Gasteiger partial charge in [-0.25, -0.2) is 4.98 Å². The lowest BCUT2D eigenvalue weighted by molar-refractivity contribution is -0.140. The zero-order valence-corrected chi connectivity index (χ0v) is 14.9. The van der Waals surface area contributed by atoms with Crippen LogP contribution in [0, 0.1) is 5.92 Å². The Morgan fingerprint density at radius 3 is 2.84 bits per heavy atom. The van der Waals surface area contributed by atoms with Crippen molar-refractivity contribution in [1.82, 2.24) is 19.8 Å². The van der Waals surface area contributed by atoms with E-state index in [9.17, 15) is 9.59 Å². The Morgan fingerprint density at radius 2 is 2.20 bits per heavy atom. The van der Waals surface area contributed by atoms with Crippen molar-refractivity contribution in [1.29, 1.82) is 0 Å². The number of ether oxygens (including phenoxy) is 1. The molecule has 1 aromatic heterocycles. The van der Waals surface area contributed by atoms with E-state index in [1.807, 2.05) is 29.6 Å². The molecule has 0 bridgehead atoms. The highest BCUT2D eigenvalue weighted by Crippen LogP contribution is 2.41. The normalized spacial score (nSPS) is 31.9. The fourth-order valence-corrected chi connectivity index (χ4v) is 3.99. The average Bonchev–Trinajstić information content (AvgIpc) is 3.49. The lowest BCUT2D eigenvalue weighted by atomic mass is 9.92. The molecule has 2 heterocycles. The second kappa shape index (κ2) is 6.44. The Balaban J connectivity index is 1.54. The van der Waals surface area contributed by atoms with E-state index in [1.165, 1.54) is 0 Å². The number of nitrogens with zero attached hydrogens (tertiary/aromatic N) is 3. The number of carbonyl (C=O) groups is 2. The van der Waals surface area contributed by atoms with Crippen molar-refractivity contribution < 1.29 is 14.3 Å². The molecule has 2 amide bonds. The van der Waals surface area contributed by atoms with Crippen LogP contribution in [0.25, 0.3) is 0 Å². The molecule has 136 valence electrons. The van der Waals surface area contributed by atoms with Gasteiger partial charge in [-0.05, 0) is 32.6 Å². The molecule has 0 aromatic carbocycles. The molecule has 7 nitrogen and oxygen atoms in total.